The zero-order chi connectivity index (χ0) is 11.4. The fraction of sp³-hybridized carbons (Fsp3) is 0.750. The third kappa shape index (κ3) is 3.58. The van der Waals surface area contributed by atoms with E-state index in [1.807, 2.05) is 0 Å². The highest BCUT2D eigenvalue weighted by Gasteiger charge is 2.10. The van der Waals surface area contributed by atoms with Crippen LogP contribution in [-0.4, -0.2) is 11.0 Å². The summed E-state index contributed by atoms with van der Waals surface area (Å²) >= 11 is 1.80. The molecule has 0 aliphatic carbocycles. The molecule has 2 atom stereocenters. The molecule has 1 rings (SSSR count). The third-order valence-electron chi connectivity index (χ3n) is 3.15. The highest BCUT2D eigenvalue weighted by atomic mass is 32.1. The first-order valence-corrected chi connectivity index (χ1v) is 6.52. The quantitative estimate of drug-likeness (QED) is 0.833. The number of nitrogens with one attached hydrogen (secondary N) is 1. The number of thiazole rings is 1. The van der Waals surface area contributed by atoms with E-state index in [0.29, 0.717) is 6.04 Å². The summed E-state index contributed by atoms with van der Waals surface area (Å²) in [5, 5.41) is 4.75. The van der Waals surface area contributed by atoms with Crippen molar-refractivity contribution in [2.45, 2.75) is 53.6 Å². The molecular formula is C12H22N2S. The van der Waals surface area contributed by atoms with Gasteiger partial charge in [-0.1, -0.05) is 20.3 Å². The monoisotopic (exact) mass is 226 g/mol. The highest BCUT2D eigenvalue weighted by molar-refractivity contribution is 7.11. The van der Waals surface area contributed by atoms with Crippen LogP contribution in [0.25, 0.3) is 0 Å². The Morgan fingerprint density at radius 2 is 2.00 bits per heavy atom. The maximum Gasteiger partial charge on any atom is 0.107 e. The fourth-order valence-electron chi connectivity index (χ4n) is 1.42. The van der Waals surface area contributed by atoms with Gasteiger partial charge >= 0.3 is 0 Å². The Kier molecular flexibility index (Phi) is 4.74. The van der Waals surface area contributed by atoms with Crippen molar-refractivity contribution in [2.75, 3.05) is 0 Å². The van der Waals surface area contributed by atoms with Crippen molar-refractivity contribution in [1.29, 1.82) is 0 Å². The molecule has 1 aromatic heterocycles. The van der Waals surface area contributed by atoms with E-state index in [1.54, 1.807) is 11.3 Å². The van der Waals surface area contributed by atoms with E-state index in [1.165, 1.54) is 22.0 Å². The smallest absolute Gasteiger partial charge is 0.107 e. The summed E-state index contributed by atoms with van der Waals surface area (Å²) in [6.07, 6.45) is 1.23. The first-order valence-electron chi connectivity index (χ1n) is 5.70. The van der Waals surface area contributed by atoms with Crippen LogP contribution >= 0.6 is 11.3 Å². The van der Waals surface area contributed by atoms with Gasteiger partial charge in [0.05, 0.1) is 5.69 Å². The predicted octanol–water partition coefficient (Wildman–Crippen LogP) is 3.28. The van der Waals surface area contributed by atoms with Gasteiger partial charge in [-0.15, -0.1) is 11.3 Å². The van der Waals surface area contributed by atoms with Crippen molar-refractivity contribution in [3.8, 4) is 0 Å². The highest BCUT2D eigenvalue weighted by Crippen LogP contribution is 2.16. The maximum atomic E-state index is 4.52. The lowest BCUT2D eigenvalue weighted by Gasteiger charge is -2.18. The molecule has 2 nitrogen and oxygen atoms in total. The SMILES string of the molecule is CCC(C)C(C)NCc1nc(C)c(C)s1. The normalized spacial score (nSPS) is 15.3. The molecule has 86 valence electrons. The van der Waals surface area contributed by atoms with Crippen molar-refractivity contribution >= 4 is 11.3 Å². The topological polar surface area (TPSA) is 24.9 Å². The molecule has 0 aliphatic rings. The summed E-state index contributed by atoms with van der Waals surface area (Å²) in [5.74, 6) is 0.729. The lowest BCUT2D eigenvalue weighted by molar-refractivity contribution is 0.389. The minimum atomic E-state index is 0.569. The molecule has 3 heteroatoms. The maximum absolute atomic E-state index is 4.52. The lowest BCUT2D eigenvalue weighted by atomic mass is 10.0. The zero-order valence-corrected chi connectivity index (χ0v) is 11.2. The number of hydrogen-bond donors (Lipinski definition) is 1. The zero-order valence-electron chi connectivity index (χ0n) is 10.4. The molecule has 0 aromatic carbocycles. The molecule has 0 saturated heterocycles. The molecule has 1 N–H and O–H groups in total. The summed E-state index contributed by atoms with van der Waals surface area (Å²) in [6.45, 7) is 11.9. The van der Waals surface area contributed by atoms with Crippen LogP contribution in [0.1, 0.15) is 42.8 Å². The number of hydrogen-bond acceptors (Lipinski definition) is 3. The molecule has 0 radical (unpaired) electrons. The Bertz CT molecular complexity index is 287. The van der Waals surface area contributed by atoms with Gasteiger partial charge in [-0.2, -0.15) is 0 Å². The Balaban J connectivity index is 2.43. The molecule has 1 heterocycles. The van der Waals surface area contributed by atoms with E-state index in [0.717, 1.165) is 12.5 Å². The Morgan fingerprint density at radius 1 is 1.33 bits per heavy atom. The van der Waals surface area contributed by atoms with Gasteiger partial charge in [0.2, 0.25) is 0 Å². The van der Waals surface area contributed by atoms with Gasteiger partial charge in [-0.3, -0.25) is 0 Å². The van der Waals surface area contributed by atoms with Crippen LogP contribution in [0.3, 0.4) is 0 Å². The standard InChI is InChI=1S/C12H22N2S/c1-6-8(2)9(3)13-7-12-14-10(4)11(5)15-12/h8-9,13H,6-7H2,1-5H3. The summed E-state index contributed by atoms with van der Waals surface area (Å²) in [5.41, 5.74) is 1.17. The molecule has 0 spiro atoms. The number of nitrogens with zero attached hydrogens (tertiary/aromatic N) is 1. The van der Waals surface area contributed by atoms with Crippen molar-refractivity contribution in [3.63, 3.8) is 0 Å². The Hall–Kier alpha value is -0.410. The van der Waals surface area contributed by atoms with E-state index in [2.05, 4.69) is 44.9 Å². The molecule has 1 aromatic rings. The van der Waals surface area contributed by atoms with Crippen molar-refractivity contribution in [2.24, 2.45) is 5.92 Å². The van der Waals surface area contributed by atoms with Crippen molar-refractivity contribution in [1.82, 2.24) is 10.3 Å². The van der Waals surface area contributed by atoms with Gasteiger partial charge in [0.1, 0.15) is 5.01 Å². The van der Waals surface area contributed by atoms with E-state index in [9.17, 15) is 0 Å². The van der Waals surface area contributed by atoms with Gasteiger partial charge in [-0.05, 0) is 26.7 Å². The lowest BCUT2D eigenvalue weighted by Crippen LogP contribution is -2.31. The van der Waals surface area contributed by atoms with Crippen LogP contribution in [0, 0.1) is 19.8 Å². The second kappa shape index (κ2) is 5.61. The first-order chi connectivity index (χ1) is 7.04. The van der Waals surface area contributed by atoms with Gasteiger partial charge in [-0.25, -0.2) is 4.98 Å². The first kappa shape index (κ1) is 12.7. The minimum Gasteiger partial charge on any atom is -0.308 e. The molecule has 2 unspecified atom stereocenters. The van der Waals surface area contributed by atoms with Crippen LogP contribution in [0.5, 0.6) is 0 Å². The molecule has 0 saturated carbocycles. The Morgan fingerprint density at radius 3 is 2.47 bits per heavy atom. The molecule has 0 bridgehead atoms. The summed E-state index contributed by atoms with van der Waals surface area (Å²) in [4.78, 5) is 5.86. The van der Waals surface area contributed by atoms with Crippen LogP contribution in [0.4, 0.5) is 0 Å². The minimum absolute atomic E-state index is 0.569. The average molecular weight is 226 g/mol. The van der Waals surface area contributed by atoms with Gasteiger partial charge in [0.15, 0.2) is 0 Å². The van der Waals surface area contributed by atoms with Crippen molar-refractivity contribution in [3.05, 3.63) is 15.6 Å². The Labute approximate surface area is 97.1 Å². The van der Waals surface area contributed by atoms with Gasteiger partial charge < -0.3 is 5.32 Å². The van der Waals surface area contributed by atoms with Gasteiger partial charge in [0, 0.05) is 17.5 Å². The van der Waals surface area contributed by atoms with Crippen LogP contribution in [0.15, 0.2) is 0 Å². The molecule has 15 heavy (non-hydrogen) atoms. The molecular weight excluding hydrogens is 204 g/mol. The van der Waals surface area contributed by atoms with E-state index >= 15 is 0 Å². The summed E-state index contributed by atoms with van der Waals surface area (Å²) in [6, 6.07) is 0.569. The second-order valence-corrected chi connectivity index (χ2v) is 5.59. The van der Waals surface area contributed by atoms with Crippen LogP contribution in [-0.2, 0) is 6.54 Å². The van der Waals surface area contributed by atoms with E-state index in [4.69, 9.17) is 0 Å². The largest absolute Gasteiger partial charge is 0.308 e. The van der Waals surface area contributed by atoms with Crippen molar-refractivity contribution < 1.29 is 0 Å². The third-order valence-corrected chi connectivity index (χ3v) is 4.22. The van der Waals surface area contributed by atoms with Crippen LogP contribution in [0.2, 0.25) is 0 Å². The number of aromatic nitrogens is 1. The van der Waals surface area contributed by atoms with Crippen LogP contribution < -0.4 is 5.32 Å². The average Bonchev–Trinajstić information content (AvgIpc) is 2.54. The predicted molar refractivity (Wildman–Crippen MR) is 67.3 cm³/mol. The molecule has 0 amide bonds. The summed E-state index contributed by atoms with van der Waals surface area (Å²) in [7, 11) is 0. The number of aryl methyl sites for hydroxylation is 2. The van der Waals surface area contributed by atoms with E-state index in [-0.39, 0.29) is 0 Å². The second-order valence-electron chi connectivity index (χ2n) is 4.30. The van der Waals surface area contributed by atoms with Gasteiger partial charge in [0.25, 0.3) is 0 Å². The summed E-state index contributed by atoms with van der Waals surface area (Å²) < 4.78 is 0. The number of rotatable bonds is 5. The molecule has 0 fully saturated rings. The molecule has 0 aliphatic heterocycles. The van der Waals surface area contributed by atoms with E-state index < -0.39 is 0 Å². The fourth-order valence-corrected chi connectivity index (χ4v) is 2.30.